The van der Waals surface area contributed by atoms with Crippen molar-refractivity contribution in [2.75, 3.05) is 20.6 Å². The van der Waals surface area contributed by atoms with Gasteiger partial charge in [-0.2, -0.15) is 0 Å². The molecule has 1 aromatic heterocycles. The second kappa shape index (κ2) is 4.13. The monoisotopic (exact) mass is 236 g/mol. The maximum Gasteiger partial charge on any atom is 0.142 e. The Morgan fingerprint density at radius 3 is 2.53 bits per heavy atom. The molecule has 1 aliphatic carbocycles. The Labute approximate surface area is 104 Å². The van der Waals surface area contributed by atoms with Gasteiger partial charge in [-0.15, -0.1) is 0 Å². The molecule has 17 heavy (non-hydrogen) atoms. The van der Waals surface area contributed by atoms with Crippen molar-refractivity contribution in [1.82, 2.24) is 10.1 Å². The number of hydrogen-bond donors (Lipinski definition) is 0. The largest absolute Gasteiger partial charge is 0.361 e. The molecule has 1 heterocycles. The van der Waals surface area contributed by atoms with E-state index in [0.717, 1.165) is 24.4 Å². The average Bonchev–Trinajstić information content (AvgIpc) is 2.83. The fourth-order valence-corrected chi connectivity index (χ4v) is 2.27. The van der Waals surface area contributed by atoms with Gasteiger partial charge >= 0.3 is 0 Å². The molecule has 0 amide bonds. The van der Waals surface area contributed by atoms with Gasteiger partial charge in [-0.05, 0) is 33.4 Å². The molecule has 3 heteroatoms. The molecule has 1 fully saturated rings. The minimum Gasteiger partial charge on any atom is -0.361 e. The summed E-state index contributed by atoms with van der Waals surface area (Å²) < 4.78 is 5.56. The zero-order valence-corrected chi connectivity index (χ0v) is 11.7. The summed E-state index contributed by atoms with van der Waals surface area (Å²) in [6, 6.07) is 2.18. The predicted octanol–water partition coefficient (Wildman–Crippen LogP) is 2.96. The highest BCUT2D eigenvalue weighted by Crippen LogP contribution is 2.48. The van der Waals surface area contributed by atoms with Crippen LogP contribution in [0.4, 0.5) is 0 Å². The van der Waals surface area contributed by atoms with Crippen LogP contribution in [0, 0.1) is 0 Å². The second-order valence-electron chi connectivity index (χ2n) is 6.33. The van der Waals surface area contributed by atoms with E-state index in [1.54, 1.807) is 0 Å². The minimum atomic E-state index is 0.0967. The predicted molar refractivity (Wildman–Crippen MR) is 69.3 cm³/mol. The highest BCUT2D eigenvalue weighted by molar-refractivity contribution is 5.27. The van der Waals surface area contributed by atoms with E-state index in [0.29, 0.717) is 0 Å². The molecule has 1 aliphatic rings. The second-order valence-corrected chi connectivity index (χ2v) is 6.33. The van der Waals surface area contributed by atoms with Crippen molar-refractivity contribution in [3.8, 4) is 0 Å². The molecular formula is C14H24N2O. The van der Waals surface area contributed by atoms with Gasteiger partial charge in [-0.1, -0.05) is 25.9 Å². The van der Waals surface area contributed by atoms with Crippen LogP contribution in [0.1, 0.15) is 51.5 Å². The van der Waals surface area contributed by atoms with E-state index in [1.165, 1.54) is 12.8 Å². The van der Waals surface area contributed by atoms with Gasteiger partial charge in [0.25, 0.3) is 0 Å². The van der Waals surface area contributed by atoms with Crippen LogP contribution < -0.4 is 0 Å². The van der Waals surface area contributed by atoms with Crippen LogP contribution in [0.15, 0.2) is 10.6 Å². The Morgan fingerprint density at radius 1 is 1.41 bits per heavy atom. The van der Waals surface area contributed by atoms with Gasteiger partial charge in [0.15, 0.2) is 0 Å². The van der Waals surface area contributed by atoms with Gasteiger partial charge in [0.1, 0.15) is 5.76 Å². The molecule has 0 N–H and O–H groups in total. The van der Waals surface area contributed by atoms with Gasteiger partial charge in [-0.25, -0.2) is 0 Å². The number of nitrogens with zero attached hydrogens (tertiary/aromatic N) is 2. The van der Waals surface area contributed by atoms with Crippen molar-refractivity contribution < 1.29 is 4.52 Å². The summed E-state index contributed by atoms with van der Waals surface area (Å²) in [6.07, 6.45) is 3.55. The fraction of sp³-hybridized carbons (Fsp3) is 0.786. The number of rotatable bonds is 5. The minimum absolute atomic E-state index is 0.0967. The first-order valence-corrected chi connectivity index (χ1v) is 6.52. The van der Waals surface area contributed by atoms with E-state index >= 15 is 0 Å². The van der Waals surface area contributed by atoms with Crippen LogP contribution in [0.5, 0.6) is 0 Å². The molecule has 0 radical (unpaired) electrons. The molecule has 0 unspecified atom stereocenters. The van der Waals surface area contributed by atoms with E-state index in [1.807, 2.05) is 0 Å². The van der Waals surface area contributed by atoms with E-state index in [-0.39, 0.29) is 10.8 Å². The van der Waals surface area contributed by atoms with Crippen molar-refractivity contribution in [1.29, 1.82) is 0 Å². The fourth-order valence-electron chi connectivity index (χ4n) is 2.27. The zero-order valence-electron chi connectivity index (χ0n) is 11.7. The van der Waals surface area contributed by atoms with Crippen LogP contribution in [0.2, 0.25) is 0 Å². The molecule has 0 atom stereocenters. The molecule has 0 saturated heterocycles. The first-order valence-electron chi connectivity index (χ1n) is 6.52. The SMILES string of the molecule is CCC(C)(C)c1cc(C2(CN(C)C)CC2)no1. The lowest BCUT2D eigenvalue weighted by Gasteiger charge is -2.18. The quantitative estimate of drug-likeness (QED) is 0.787. The highest BCUT2D eigenvalue weighted by Gasteiger charge is 2.47. The third kappa shape index (κ3) is 2.39. The van der Waals surface area contributed by atoms with Crippen molar-refractivity contribution in [3.05, 3.63) is 17.5 Å². The lowest BCUT2D eigenvalue weighted by atomic mass is 9.86. The number of hydrogen-bond acceptors (Lipinski definition) is 3. The summed E-state index contributed by atoms with van der Waals surface area (Å²) in [5.41, 5.74) is 1.52. The van der Waals surface area contributed by atoms with E-state index in [2.05, 4.69) is 51.0 Å². The maximum atomic E-state index is 5.56. The molecule has 0 aromatic carbocycles. The van der Waals surface area contributed by atoms with Gasteiger partial charge < -0.3 is 9.42 Å². The Balaban J connectivity index is 2.19. The first kappa shape index (κ1) is 12.6. The van der Waals surface area contributed by atoms with E-state index in [9.17, 15) is 0 Å². The molecule has 0 bridgehead atoms. The first-order chi connectivity index (χ1) is 7.89. The summed E-state index contributed by atoms with van der Waals surface area (Å²) in [7, 11) is 4.24. The molecule has 1 saturated carbocycles. The molecule has 96 valence electrons. The lowest BCUT2D eigenvalue weighted by molar-refractivity contribution is 0.299. The normalized spacial score (nSPS) is 18.7. The lowest BCUT2D eigenvalue weighted by Crippen LogP contribution is -2.26. The van der Waals surface area contributed by atoms with Crippen molar-refractivity contribution >= 4 is 0 Å². The Bertz CT molecular complexity index is 389. The number of likely N-dealkylation sites (N-methyl/N-ethyl adjacent to an activating group) is 1. The summed E-state index contributed by atoms with van der Waals surface area (Å²) in [5.74, 6) is 1.03. The summed E-state index contributed by atoms with van der Waals surface area (Å²) >= 11 is 0. The van der Waals surface area contributed by atoms with Gasteiger partial charge in [-0.3, -0.25) is 0 Å². The van der Waals surface area contributed by atoms with Crippen molar-refractivity contribution in [3.63, 3.8) is 0 Å². The molecule has 0 aliphatic heterocycles. The Hall–Kier alpha value is -0.830. The Morgan fingerprint density at radius 2 is 2.06 bits per heavy atom. The standard InChI is InChI=1S/C14H24N2O/c1-6-13(2,3)12-9-11(15-17-12)14(7-8-14)10-16(4)5/h9H,6-8,10H2,1-5H3. The maximum absolute atomic E-state index is 5.56. The molecule has 3 nitrogen and oxygen atoms in total. The van der Waals surface area contributed by atoms with E-state index < -0.39 is 0 Å². The van der Waals surface area contributed by atoms with Crippen LogP contribution >= 0.6 is 0 Å². The van der Waals surface area contributed by atoms with Crippen LogP contribution in [-0.2, 0) is 10.8 Å². The number of aromatic nitrogens is 1. The van der Waals surface area contributed by atoms with Gasteiger partial charge in [0.2, 0.25) is 0 Å². The summed E-state index contributed by atoms with van der Waals surface area (Å²) in [4.78, 5) is 2.24. The van der Waals surface area contributed by atoms with Crippen LogP contribution in [-0.4, -0.2) is 30.7 Å². The smallest absolute Gasteiger partial charge is 0.142 e. The van der Waals surface area contributed by atoms with Crippen LogP contribution in [0.3, 0.4) is 0 Å². The molecular weight excluding hydrogens is 212 g/mol. The third-order valence-corrected chi connectivity index (χ3v) is 4.08. The molecule has 1 aromatic rings. The topological polar surface area (TPSA) is 29.3 Å². The van der Waals surface area contributed by atoms with Crippen LogP contribution in [0.25, 0.3) is 0 Å². The summed E-state index contributed by atoms with van der Waals surface area (Å²) in [5, 5.41) is 4.32. The molecule has 2 rings (SSSR count). The van der Waals surface area contributed by atoms with Gasteiger partial charge in [0, 0.05) is 23.4 Å². The van der Waals surface area contributed by atoms with Crippen molar-refractivity contribution in [2.45, 2.75) is 50.9 Å². The molecule has 0 spiro atoms. The Kier molecular flexibility index (Phi) is 3.06. The van der Waals surface area contributed by atoms with Crippen molar-refractivity contribution in [2.24, 2.45) is 0 Å². The zero-order chi connectivity index (χ0) is 12.7. The van der Waals surface area contributed by atoms with E-state index in [4.69, 9.17) is 4.52 Å². The third-order valence-electron chi connectivity index (χ3n) is 4.08. The average molecular weight is 236 g/mol. The summed E-state index contributed by atoms with van der Waals surface area (Å²) in [6.45, 7) is 7.69. The highest BCUT2D eigenvalue weighted by atomic mass is 16.5. The van der Waals surface area contributed by atoms with Gasteiger partial charge in [0.05, 0.1) is 5.69 Å².